The van der Waals surface area contributed by atoms with Crippen molar-refractivity contribution in [3.63, 3.8) is 0 Å². The van der Waals surface area contributed by atoms with Gasteiger partial charge < -0.3 is 4.57 Å². The van der Waals surface area contributed by atoms with Crippen molar-refractivity contribution in [2.24, 2.45) is 0 Å². The molecule has 2 aromatic carbocycles. The molecule has 0 radical (unpaired) electrons. The van der Waals surface area contributed by atoms with Crippen LogP contribution in [0.4, 0.5) is 0 Å². The van der Waals surface area contributed by atoms with Crippen molar-refractivity contribution in [1.29, 1.82) is 0 Å². The molecule has 21 heavy (non-hydrogen) atoms. The number of fused-ring (bicyclic) bond motifs is 1. The second-order valence-corrected chi connectivity index (χ2v) is 6.54. The fourth-order valence-electron chi connectivity index (χ4n) is 2.38. The molecule has 0 N–H and O–H groups in total. The van der Waals surface area contributed by atoms with Crippen molar-refractivity contribution in [2.45, 2.75) is 13.0 Å². The fourth-order valence-corrected chi connectivity index (χ4v) is 2.98. The largest absolute Gasteiger partial charge is 0.323 e. The lowest BCUT2D eigenvalue weighted by atomic mass is 10.2. The summed E-state index contributed by atoms with van der Waals surface area (Å²) in [6.07, 6.45) is 0.740. The van der Waals surface area contributed by atoms with Gasteiger partial charge in [0.25, 0.3) is 0 Å². The van der Waals surface area contributed by atoms with E-state index in [2.05, 4.69) is 37.6 Å². The molecule has 0 aliphatic carbocycles. The van der Waals surface area contributed by atoms with Gasteiger partial charge in [-0.1, -0.05) is 39.7 Å². The average molecular weight is 384 g/mol. The number of aromatic nitrogens is 2. The van der Waals surface area contributed by atoms with Crippen LogP contribution in [0.15, 0.2) is 46.9 Å². The second kappa shape index (κ2) is 6.39. The van der Waals surface area contributed by atoms with E-state index in [9.17, 15) is 0 Å². The predicted octanol–water partition coefficient (Wildman–Crippen LogP) is 5.28. The first-order valence-electron chi connectivity index (χ1n) is 6.62. The van der Waals surface area contributed by atoms with Crippen LogP contribution in [-0.4, -0.2) is 15.4 Å². The van der Waals surface area contributed by atoms with Gasteiger partial charge in [-0.15, -0.1) is 11.6 Å². The Morgan fingerprint density at radius 2 is 1.86 bits per heavy atom. The maximum atomic E-state index is 6.05. The van der Waals surface area contributed by atoms with Crippen molar-refractivity contribution in [3.8, 4) is 0 Å². The highest BCUT2D eigenvalue weighted by molar-refractivity contribution is 9.10. The van der Waals surface area contributed by atoms with Gasteiger partial charge in [0.15, 0.2) is 0 Å². The quantitative estimate of drug-likeness (QED) is 0.560. The van der Waals surface area contributed by atoms with Crippen LogP contribution < -0.4 is 0 Å². The van der Waals surface area contributed by atoms with Crippen molar-refractivity contribution in [2.75, 3.05) is 5.88 Å². The molecule has 0 spiro atoms. The Labute approximate surface area is 141 Å². The minimum atomic E-state index is 0.553. The molecule has 0 amide bonds. The fraction of sp³-hybridized carbons (Fsp3) is 0.188. The smallest absolute Gasteiger partial charge is 0.111 e. The summed E-state index contributed by atoms with van der Waals surface area (Å²) in [5.74, 6) is 1.54. The summed E-state index contributed by atoms with van der Waals surface area (Å²) >= 11 is 15.4. The van der Waals surface area contributed by atoms with E-state index in [0.717, 1.165) is 34.3 Å². The Hall–Kier alpha value is -1.03. The van der Waals surface area contributed by atoms with Crippen LogP contribution in [0.2, 0.25) is 5.02 Å². The minimum Gasteiger partial charge on any atom is -0.323 e. The average Bonchev–Trinajstić information content (AvgIpc) is 2.79. The van der Waals surface area contributed by atoms with Crippen LogP contribution in [0.1, 0.15) is 11.4 Å². The first kappa shape index (κ1) is 14.9. The third kappa shape index (κ3) is 3.25. The van der Waals surface area contributed by atoms with Gasteiger partial charge in [0, 0.05) is 28.3 Å². The molecule has 1 aromatic heterocycles. The minimum absolute atomic E-state index is 0.553. The number of imidazole rings is 1. The Kier molecular flexibility index (Phi) is 4.53. The summed E-state index contributed by atoms with van der Waals surface area (Å²) < 4.78 is 3.28. The standard InChI is InChI=1S/C16H13BrCl2N2/c17-12-3-1-11(2-4-12)10-21-15-6-5-13(19)9-14(15)20-16(21)7-8-18/h1-6,9H,7-8,10H2. The van der Waals surface area contributed by atoms with Crippen LogP contribution in [0, 0.1) is 0 Å². The molecule has 0 saturated heterocycles. The van der Waals surface area contributed by atoms with E-state index in [1.54, 1.807) is 0 Å². The molecule has 0 bridgehead atoms. The van der Waals surface area contributed by atoms with Crippen LogP contribution in [0.25, 0.3) is 11.0 Å². The van der Waals surface area contributed by atoms with E-state index in [4.69, 9.17) is 23.2 Å². The molecule has 3 rings (SSSR count). The number of alkyl halides is 1. The van der Waals surface area contributed by atoms with Gasteiger partial charge in [-0.25, -0.2) is 4.98 Å². The van der Waals surface area contributed by atoms with Gasteiger partial charge in [0.1, 0.15) is 5.82 Å². The Balaban J connectivity index is 2.06. The first-order valence-corrected chi connectivity index (χ1v) is 8.33. The summed E-state index contributed by atoms with van der Waals surface area (Å²) in [5.41, 5.74) is 3.23. The van der Waals surface area contributed by atoms with Crippen molar-refractivity contribution in [3.05, 3.63) is 63.3 Å². The molecule has 0 saturated carbocycles. The Bertz CT molecular complexity index is 766. The summed E-state index contributed by atoms with van der Waals surface area (Å²) in [5, 5.41) is 0.702. The van der Waals surface area contributed by atoms with Gasteiger partial charge in [-0.05, 0) is 35.9 Å². The maximum Gasteiger partial charge on any atom is 0.111 e. The first-order chi connectivity index (χ1) is 10.2. The van der Waals surface area contributed by atoms with Gasteiger partial charge in [-0.2, -0.15) is 0 Å². The van der Waals surface area contributed by atoms with Crippen LogP contribution in [0.3, 0.4) is 0 Å². The normalized spacial score (nSPS) is 11.2. The highest BCUT2D eigenvalue weighted by atomic mass is 79.9. The van der Waals surface area contributed by atoms with E-state index >= 15 is 0 Å². The Morgan fingerprint density at radius 3 is 2.57 bits per heavy atom. The number of rotatable bonds is 4. The third-order valence-electron chi connectivity index (χ3n) is 3.36. The molecule has 0 aliphatic heterocycles. The van der Waals surface area contributed by atoms with E-state index in [-0.39, 0.29) is 0 Å². The molecular formula is C16H13BrCl2N2. The maximum absolute atomic E-state index is 6.05. The molecule has 0 atom stereocenters. The monoisotopic (exact) mass is 382 g/mol. The van der Waals surface area contributed by atoms with Crippen molar-refractivity contribution in [1.82, 2.24) is 9.55 Å². The Morgan fingerprint density at radius 1 is 1.10 bits per heavy atom. The van der Waals surface area contributed by atoms with Crippen molar-refractivity contribution >= 4 is 50.2 Å². The number of halogens is 3. The molecule has 108 valence electrons. The highest BCUT2D eigenvalue weighted by Crippen LogP contribution is 2.22. The lowest BCUT2D eigenvalue weighted by molar-refractivity contribution is 0.754. The number of hydrogen-bond donors (Lipinski definition) is 0. The van der Waals surface area contributed by atoms with E-state index in [0.29, 0.717) is 10.9 Å². The second-order valence-electron chi connectivity index (χ2n) is 4.81. The molecule has 5 heteroatoms. The summed E-state index contributed by atoms with van der Waals surface area (Å²) in [4.78, 5) is 4.66. The van der Waals surface area contributed by atoms with E-state index in [1.165, 1.54) is 5.56 Å². The summed E-state index contributed by atoms with van der Waals surface area (Å²) in [6.45, 7) is 0.775. The summed E-state index contributed by atoms with van der Waals surface area (Å²) in [7, 11) is 0. The third-order valence-corrected chi connectivity index (χ3v) is 4.31. The highest BCUT2D eigenvalue weighted by Gasteiger charge is 2.11. The zero-order valence-electron chi connectivity index (χ0n) is 11.2. The van der Waals surface area contributed by atoms with Gasteiger partial charge >= 0.3 is 0 Å². The van der Waals surface area contributed by atoms with Gasteiger partial charge in [-0.3, -0.25) is 0 Å². The van der Waals surface area contributed by atoms with Crippen LogP contribution in [-0.2, 0) is 13.0 Å². The zero-order chi connectivity index (χ0) is 14.8. The molecule has 0 unspecified atom stereocenters. The zero-order valence-corrected chi connectivity index (χ0v) is 14.3. The number of nitrogens with zero attached hydrogens (tertiary/aromatic N) is 2. The van der Waals surface area contributed by atoms with Crippen LogP contribution >= 0.6 is 39.1 Å². The molecule has 0 aliphatic rings. The lowest BCUT2D eigenvalue weighted by Crippen LogP contribution is -2.05. The SMILES string of the molecule is ClCCc1nc2cc(Cl)ccc2n1Cc1ccc(Br)cc1. The predicted molar refractivity (Wildman–Crippen MR) is 92.4 cm³/mol. The topological polar surface area (TPSA) is 17.8 Å². The summed E-state index contributed by atoms with van der Waals surface area (Å²) in [6, 6.07) is 14.1. The molecule has 1 heterocycles. The van der Waals surface area contributed by atoms with Crippen LogP contribution in [0.5, 0.6) is 0 Å². The van der Waals surface area contributed by atoms with Crippen molar-refractivity contribution < 1.29 is 0 Å². The lowest BCUT2D eigenvalue weighted by Gasteiger charge is -2.09. The molecule has 2 nitrogen and oxygen atoms in total. The van der Waals surface area contributed by atoms with Gasteiger partial charge in [0.2, 0.25) is 0 Å². The van der Waals surface area contributed by atoms with E-state index in [1.807, 2.05) is 30.3 Å². The van der Waals surface area contributed by atoms with Gasteiger partial charge in [0.05, 0.1) is 11.0 Å². The van der Waals surface area contributed by atoms with E-state index < -0.39 is 0 Å². The molecule has 0 fully saturated rings. The molecular weight excluding hydrogens is 371 g/mol. The molecule has 3 aromatic rings. The number of aryl methyl sites for hydroxylation is 1. The number of benzene rings is 2. The number of hydrogen-bond acceptors (Lipinski definition) is 1.